The zero-order valence-electron chi connectivity index (χ0n) is 12.3. The second-order valence-corrected chi connectivity index (χ2v) is 7.99. The van der Waals surface area contributed by atoms with Crippen molar-refractivity contribution in [2.75, 3.05) is 17.1 Å². The van der Waals surface area contributed by atoms with E-state index < -0.39 is 15.9 Å². The molecule has 6 nitrogen and oxygen atoms in total. The summed E-state index contributed by atoms with van der Waals surface area (Å²) in [5.41, 5.74) is 3.83. The highest BCUT2D eigenvalue weighted by molar-refractivity contribution is 9.10. The first-order valence-electron chi connectivity index (χ1n) is 6.94. The van der Waals surface area contributed by atoms with Crippen molar-refractivity contribution >= 4 is 43.3 Å². The van der Waals surface area contributed by atoms with E-state index in [1.54, 1.807) is 24.3 Å². The lowest BCUT2D eigenvalue weighted by atomic mass is 10.3. The lowest BCUT2D eigenvalue weighted by molar-refractivity contribution is -0.119. The number of rotatable bonds is 5. The molecule has 1 amide bonds. The maximum absolute atomic E-state index is 12.0. The normalized spacial score (nSPS) is 14.7. The molecule has 0 bridgehead atoms. The third kappa shape index (κ3) is 4.81. The standard InChI is InChI=1S/C14H18BrN3O3S/c1-22(20,21)18(13-8-4-5-11(15)9-13)10-14(19)17-16-12-6-2-3-7-12/h4-5,8-9H,2-3,6-7,10H2,1H3,(H,17,19). The lowest BCUT2D eigenvalue weighted by Gasteiger charge is -2.21. The van der Waals surface area contributed by atoms with Gasteiger partial charge in [0.1, 0.15) is 6.54 Å². The van der Waals surface area contributed by atoms with E-state index in [2.05, 4.69) is 26.5 Å². The van der Waals surface area contributed by atoms with Crippen molar-refractivity contribution < 1.29 is 13.2 Å². The van der Waals surface area contributed by atoms with Crippen LogP contribution in [0.2, 0.25) is 0 Å². The highest BCUT2D eigenvalue weighted by atomic mass is 79.9. The van der Waals surface area contributed by atoms with Crippen molar-refractivity contribution in [3.05, 3.63) is 28.7 Å². The number of nitrogens with one attached hydrogen (secondary N) is 1. The molecule has 0 aliphatic heterocycles. The van der Waals surface area contributed by atoms with Crippen LogP contribution in [0.3, 0.4) is 0 Å². The summed E-state index contributed by atoms with van der Waals surface area (Å²) in [5.74, 6) is -0.454. The number of carbonyl (C=O) groups excluding carboxylic acids is 1. The van der Waals surface area contributed by atoms with Gasteiger partial charge < -0.3 is 0 Å². The van der Waals surface area contributed by atoms with Crippen molar-refractivity contribution in [2.24, 2.45) is 5.10 Å². The predicted octanol–water partition coefficient (Wildman–Crippen LogP) is 2.26. The molecule has 8 heteroatoms. The molecule has 0 saturated heterocycles. The second kappa shape index (κ2) is 7.23. The maximum Gasteiger partial charge on any atom is 0.260 e. The van der Waals surface area contributed by atoms with Crippen LogP contribution in [-0.2, 0) is 14.8 Å². The molecule has 1 aromatic carbocycles. The first kappa shape index (κ1) is 17.0. The molecule has 1 fully saturated rings. The van der Waals surface area contributed by atoms with Crippen LogP contribution in [-0.4, -0.2) is 32.8 Å². The Labute approximate surface area is 138 Å². The Morgan fingerprint density at radius 3 is 2.64 bits per heavy atom. The fourth-order valence-corrected chi connectivity index (χ4v) is 3.47. The average Bonchev–Trinajstić information content (AvgIpc) is 2.94. The van der Waals surface area contributed by atoms with E-state index in [1.807, 2.05) is 0 Å². The Hall–Kier alpha value is -1.41. The van der Waals surface area contributed by atoms with E-state index in [1.165, 1.54) is 0 Å². The average molecular weight is 388 g/mol. The van der Waals surface area contributed by atoms with Crippen LogP contribution in [0, 0.1) is 0 Å². The van der Waals surface area contributed by atoms with Gasteiger partial charge in [-0.1, -0.05) is 22.0 Å². The van der Waals surface area contributed by atoms with E-state index in [9.17, 15) is 13.2 Å². The highest BCUT2D eigenvalue weighted by Crippen LogP contribution is 2.21. The summed E-state index contributed by atoms with van der Waals surface area (Å²) in [6.45, 7) is -0.300. The van der Waals surface area contributed by atoms with Crippen molar-refractivity contribution in [1.82, 2.24) is 5.43 Å². The minimum absolute atomic E-state index is 0.300. The van der Waals surface area contributed by atoms with Gasteiger partial charge in [0.2, 0.25) is 10.0 Å². The Bertz CT molecular complexity index is 680. The summed E-state index contributed by atoms with van der Waals surface area (Å²) >= 11 is 3.29. The number of halogens is 1. The molecule has 0 atom stereocenters. The number of sulfonamides is 1. The van der Waals surface area contributed by atoms with E-state index in [0.717, 1.165) is 46.4 Å². The van der Waals surface area contributed by atoms with Crippen molar-refractivity contribution in [1.29, 1.82) is 0 Å². The minimum Gasteiger partial charge on any atom is -0.271 e. The SMILES string of the molecule is CS(=O)(=O)N(CC(=O)NN=C1CCCC1)c1cccc(Br)c1. The highest BCUT2D eigenvalue weighted by Gasteiger charge is 2.21. The number of hydrogen-bond acceptors (Lipinski definition) is 4. The fourth-order valence-electron chi connectivity index (χ4n) is 2.23. The Morgan fingerprint density at radius 2 is 2.05 bits per heavy atom. The number of carbonyl (C=O) groups is 1. The van der Waals surface area contributed by atoms with Crippen LogP contribution in [0.15, 0.2) is 33.8 Å². The molecule has 2 rings (SSSR count). The number of anilines is 1. The Kier molecular flexibility index (Phi) is 5.57. The molecule has 0 unspecified atom stereocenters. The molecular formula is C14H18BrN3O3S. The molecular weight excluding hydrogens is 370 g/mol. The van der Waals surface area contributed by atoms with Gasteiger partial charge in [-0.25, -0.2) is 13.8 Å². The maximum atomic E-state index is 12.0. The zero-order chi connectivity index (χ0) is 16.2. The summed E-state index contributed by atoms with van der Waals surface area (Å²) in [4.78, 5) is 12.0. The molecule has 1 aliphatic rings. The van der Waals surface area contributed by atoms with Crippen LogP contribution in [0.4, 0.5) is 5.69 Å². The molecule has 1 saturated carbocycles. The van der Waals surface area contributed by atoms with Crippen molar-refractivity contribution in [2.45, 2.75) is 25.7 Å². The lowest BCUT2D eigenvalue weighted by Crippen LogP contribution is -2.39. The summed E-state index contributed by atoms with van der Waals surface area (Å²) in [5, 5.41) is 4.06. The zero-order valence-corrected chi connectivity index (χ0v) is 14.7. The number of benzene rings is 1. The van der Waals surface area contributed by atoms with Gasteiger partial charge in [-0.15, -0.1) is 0 Å². The topological polar surface area (TPSA) is 78.8 Å². The number of amides is 1. The monoisotopic (exact) mass is 387 g/mol. The summed E-state index contributed by atoms with van der Waals surface area (Å²) in [6, 6.07) is 6.80. The van der Waals surface area contributed by atoms with E-state index in [-0.39, 0.29) is 6.54 Å². The third-order valence-electron chi connectivity index (χ3n) is 3.30. The smallest absolute Gasteiger partial charge is 0.260 e. The van der Waals surface area contributed by atoms with Crippen LogP contribution in [0.1, 0.15) is 25.7 Å². The van der Waals surface area contributed by atoms with E-state index in [0.29, 0.717) is 5.69 Å². The van der Waals surface area contributed by atoms with Gasteiger partial charge in [0, 0.05) is 10.2 Å². The van der Waals surface area contributed by atoms with Crippen LogP contribution in [0.5, 0.6) is 0 Å². The summed E-state index contributed by atoms with van der Waals surface area (Å²) in [7, 11) is -3.56. The second-order valence-electron chi connectivity index (χ2n) is 5.17. The van der Waals surface area contributed by atoms with Crippen LogP contribution >= 0.6 is 15.9 Å². The number of nitrogens with zero attached hydrogens (tertiary/aromatic N) is 2. The molecule has 0 heterocycles. The molecule has 0 radical (unpaired) electrons. The Morgan fingerprint density at radius 1 is 1.36 bits per heavy atom. The van der Waals surface area contributed by atoms with Crippen molar-refractivity contribution in [3.63, 3.8) is 0 Å². The molecule has 1 aliphatic carbocycles. The largest absolute Gasteiger partial charge is 0.271 e. The van der Waals surface area contributed by atoms with Crippen LogP contribution < -0.4 is 9.73 Å². The van der Waals surface area contributed by atoms with Gasteiger partial charge in [-0.05, 0) is 43.9 Å². The molecule has 1 aromatic rings. The fraction of sp³-hybridized carbons (Fsp3) is 0.429. The summed E-state index contributed by atoms with van der Waals surface area (Å²) < 4.78 is 25.7. The molecule has 0 spiro atoms. The third-order valence-corrected chi connectivity index (χ3v) is 4.94. The van der Waals surface area contributed by atoms with Gasteiger partial charge in [0.25, 0.3) is 5.91 Å². The first-order valence-corrected chi connectivity index (χ1v) is 9.58. The van der Waals surface area contributed by atoms with E-state index in [4.69, 9.17) is 0 Å². The predicted molar refractivity (Wildman–Crippen MR) is 90.4 cm³/mol. The van der Waals surface area contributed by atoms with Crippen molar-refractivity contribution in [3.8, 4) is 0 Å². The first-order chi connectivity index (χ1) is 10.4. The minimum atomic E-state index is -3.56. The molecule has 120 valence electrons. The van der Waals surface area contributed by atoms with Gasteiger partial charge in [0.15, 0.2) is 0 Å². The quantitative estimate of drug-likeness (QED) is 0.786. The Balaban J connectivity index is 2.10. The molecule has 22 heavy (non-hydrogen) atoms. The number of hydrogen-bond donors (Lipinski definition) is 1. The van der Waals surface area contributed by atoms with Gasteiger partial charge in [0.05, 0.1) is 11.9 Å². The summed E-state index contributed by atoms with van der Waals surface area (Å²) in [6.07, 6.45) is 5.03. The number of hydrazone groups is 1. The van der Waals surface area contributed by atoms with E-state index >= 15 is 0 Å². The van der Waals surface area contributed by atoms with Gasteiger partial charge >= 0.3 is 0 Å². The molecule has 1 N–H and O–H groups in total. The van der Waals surface area contributed by atoms with Gasteiger partial charge in [-0.2, -0.15) is 5.10 Å². The molecule has 0 aromatic heterocycles. The van der Waals surface area contributed by atoms with Gasteiger partial charge in [-0.3, -0.25) is 9.10 Å². The van der Waals surface area contributed by atoms with Crippen LogP contribution in [0.25, 0.3) is 0 Å².